The lowest BCUT2D eigenvalue weighted by Gasteiger charge is -2.32. The Hall–Kier alpha value is -1.07. The molecular weight excluding hydrogens is 310 g/mol. The lowest BCUT2D eigenvalue weighted by Crippen LogP contribution is -2.45. The van der Waals surface area contributed by atoms with Gasteiger partial charge >= 0.3 is 0 Å². The Bertz CT molecular complexity index is 442. The minimum atomic E-state index is -0.914. The number of hydrogen-bond acceptors (Lipinski definition) is 3. The minimum Gasteiger partial charge on any atom is -0.490 e. The van der Waals surface area contributed by atoms with E-state index in [0.717, 1.165) is 23.1 Å². The standard InChI is InChI=1S/C14H18BrNO3/c1-10(17)14(18)16-7-5-12(6-8-16)19-13-4-2-3-11(15)9-13/h2-4,9-10,12,17H,5-8H2,1H3. The van der Waals surface area contributed by atoms with Gasteiger partial charge in [0.2, 0.25) is 0 Å². The lowest BCUT2D eigenvalue weighted by molar-refractivity contribution is -0.141. The largest absolute Gasteiger partial charge is 0.490 e. The van der Waals surface area contributed by atoms with Crippen LogP contribution >= 0.6 is 15.9 Å². The summed E-state index contributed by atoms with van der Waals surface area (Å²) in [5, 5.41) is 9.28. The van der Waals surface area contributed by atoms with Crippen molar-refractivity contribution in [2.45, 2.75) is 32.0 Å². The molecule has 0 aliphatic carbocycles. The highest BCUT2D eigenvalue weighted by Crippen LogP contribution is 2.22. The number of hydrogen-bond donors (Lipinski definition) is 1. The van der Waals surface area contributed by atoms with Crippen molar-refractivity contribution in [2.75, 3.05) is 13.1 Å². The molecule has 4 nitrogen and oxygen atoms in total. The highest BCUT2D eigenvalue weighted by atomic mass is 79.9. The Kier molecular flexibility index (Phi) is 4.82. The normalized spacial score (nSPS) is 18.2. The summed E-state index contributed by atoms with van der Waals surface area (Å²) in [7, 11) is 0. The van der Waals surface area contributed by atoms with Crippen molar-refractivity contribution in [1.82, 2.24) is 4.90 Å². The number of benzene rings is 1. The summed E-state index contributed by atoms with van der Waals surface area (Å²) in [6.45, 7) is 2.79. The number of nitrogens with zero attached hydrogens (tertiary/aromatic N) is 1. The van der Waals surface area contributed by atoms with E-state index in [9.17, 15) is 9.90 Å². The molecule has 1 aromatic rings. The predicted molar refractivity (Wildman–Crippen MR) is 76.1 cm³/mol. The van der Waals surface area contributed by atoms with Crippen LogP contribution in [0.15, 0.2) is 28.7 Å². The molecule has 1 aliphatic heterocycles. The van der Waals surface area contributed by atoms with E-state index in [-0.39, 0.29) is 12.0 Å². The number of aliphatic hydroxyl groups excluding tert-OH is 1. The number of carbonyl (C=O) groups is 1. The highest BCUT2D eigenvalue weighted by molar-refractivity contribution is 9.10. The van der Waals surface area contributed by atoms with Gasteiger partial charge in [0.1, 0.15) is 18.0 Å². The second kappa shape index (κ2) is 6.39. The summed E-state index contributed by atoms with van der Waals surface area (Å²) < 4.78 is 6.89. The fraction of sp³-hybridized carbons (Fsp3) is 0.500. The number of amides is 1. The summed E-state index contributed by atoms with van der Waals surface area (Å²) in [5.41, 5.74) is 0. The molecule has 1 fully saturated rings. The molecule has 0 bridgehead atoms. The Morgan fingerprint density at radius 2 is 2.16 bits per heavy atom. The second-order valence-corrected chi connectivity index (χ2v) is 5.69. The molecule has 0 spiro atoms. The Balaban J connectivity index is 1.85. The number of piperidine rings is 1. The smallest absolute Gasteiger partial charge is 0.251 e. The van der Waals surface area contributed by atoms with Crippen molar-refractivity contribution in [3.63, 3.8) is 0 Å². The number of aliphatic hydroxyl groups is 1. The topological polar surface area (TPSA) is 49.8 Å². The summed E-state index contributed by atoms with van der Waals surface area (Å²) in [4.78, 5) is 13.3. The van der Waals surface area contributed by atoms with E-state index in [1.165, 1.54) is 6.92 Å². The molecule has 1 heterocycles. The maximum absolute atomic E-state index is 11.6. The van der Waals surface area contributed by atoms with Gasteiger partial charge in [-0.3, -0.25) is 4.79 Å². The van der Waals surface area contributed by atoms with Crippen molar-refractivity contribution in [3.8, 4) is 5.75 Å². The van der Waals surface area contributed by atoms with Gasteiger partial charge in [0.15, 0.2) is 0 Å². The maximum Gasteiger partial charge on any atom is 0.251 e. The van der Waals surface area contributed by atoms with Gasteiger partial charge in [0.05, 0.1) is 0 Å². The molecule has 2 rings (SSSR count). The first-order chi connectivity index (χ1) is 9.06. The molecule has 1 aromatic carbocycles. The first-order valence-corrected chi connectivity index (χ1v) is 7.24. The van der Waals surface area contributed by atoms with Crippen LogP contribution in [0.25, 0.3) is 0 Å². The summed E-state index contributed by atoms with van der Waals surface area (Å²) >= 11 is 3.41. The van der Waals surface area contributed by atoms with Gasteiger partial charge < -0.3 is 14.7 Å². The molecule has 1 amide bonds. The van der Waals surface area contributed by atoms with E-state index in [1.54, 1.807) is 4.90 Å². The minimum absolute atomic E-state index is 0.132. The number of rotatable bonds is 3. The molecule has 1 unspecified atom stereocenters. The quantitative estimate of drug-likeness (QED) is 0.925. The monoisotopic (exact) mass is 327 g/mol. The Morgan fingerprint density at radius 3 is 2.74 bits per heavy atom. The van der Waals surface area contributed by atoms with Crippen LogP contribution < -0.4 is 4.74 Å². The van der Waals surface area contributed by atoms with Crippen molar-refractivity contribution < 1.29 is 14.6 Å². The second-order valence-electron chi connectivity index (χ2n) is 4.78. The number of carbonyl (C=O) groups excluding carboxylic acids is 1. The van der Waals surface area contributed by atoms with Crippen molar-refractivity contribution in [2.24, 2.45) is 0 Å². The fourth-order valence-corrected chi connectivity index (χ4v) is 2.57. The van der Waals surface area contributed by atoms with Crippen LogP contribution in [0.4, 0.5) is 0 Å². The highest BCUT2D eigenvalue weighted by Gasteiger charge is 2.25. The SMILES string of the molecule is CC(O)C(=O)N1CCC(Oc2cccc(Br)c2)CC1. The third-order valence-corrected chi connectivity index (χ3v) is 3.70. The first-order valence-electron chi connectivity index (χ1n) is 6.45. The Morgan fingerprint density at radius 1 is 1.47 bits per heavy atom. The van der Waals surface area contributed by atoms with Crippen LogP contribution in [0.1, 0.15) is 19.8 Å². The molecule has 0 aromatic heterocycles. The molecule has 19 heavy (non-hydrogen) atoms. The van der Waals surface area contributed by atoms with E-state index >= 15 is 0 Å². The average Bonchev–Trinajstić information content (AvgIpc) is 2.39. The van der Waals surface area contributed by atoms with E-state index in [0.29, 0.717) is 13.1 Å². The van der Waals surface area contributed by atoms with Gasteiger partial charge in [-0.15, -0.1) is 0 Å². The predicted octanol–water partition coefficient (Wildman–Crippen LogP) is 2.20. The zero-order chi connectivity index (χ0) is 13.8. The van der Waals surface area contributed by atoms with Gasteiger partial charge in [-0.2, -0.15) is 0 Å². The lowest BCUT2D eigenvalue weighted by atomic mass is 10.1. The maximum atomic E-state index is 11.6. The van der Waals surface area contributed by atoms with E-state index < -0.39 is 6.10 Å². The molecule has 0 radical (unpaired) electrons. The molecule has 1 N–H and O–H groups in total. The third-order valence-electron chi connectivity index (χ3n) is 3.21. The van der Waals surface area contributed by atoms with E-state index in [1.807, 2.05) is 24.3 Å². The molecule has 1 saturated heterocycles. The van der Waals surface area contributed by atoms with Crippen LogP contribution in [0, 0.1) is 0 Å². The molecule has 1 aliphatic rings. The van der Waals surface area contributed by atoms with Crippen LogP contribution in [-0.2, 0) is 4.79 Å². The van der Waals surface area contributed by atoms with Gasteiger partial charge in [-0.05, 0) is 25.1 Å². The molecule has 104 valence electrons. The van der Waals surface area contributed by atoms with Gasteiger partial charge in [0.25, 0.3) is 5.91 Å². The van der Waals surface area contributed by atoms with Crippen molar-refractivity contribution in [1.29, 1.82) is 0 Å². The third kappa shape index (κ3) is 3.94. The summed E-state index contributed by atoms with van der Waals surface area (Å²) in [6.07, 6.45) is 0.811. The van der Waals surface area contributed by atoms with Crippen LogP contribution in [0.3, 0.4) is 0 Å². The molecular formula is C14H18BrNO3. The number of ether oxygens (including phenoxy) is 1. The zero-order valence-electron chi connectivity index (χ0n) is 10.9. The van der Waals surface area contributed by atoms with Crippen LogP contribution in [0.2, 0.25) is 0 Å². The summed E-state index contributed by atoms with van der Waals surface area (Å²) in [5.74, 6) is 0.649. The van der Waals surface area contributed by atoms with E-state index in [4.69, 9.17) is 4.74 Å². The van der Waals surface area contributed by atoms with Gasteiger partial charge in [-0.1, -0.05) is 22.0 Å². The number of likely N-dealkylation sites (tertiary alicyclic amines) is 1. The number of halogens is 1. The fourth-order valence-electron chi connectivity index (χ4n) is 2.19. The first kappa shape index (κ1) is 14.3. The zero-order valence-corrected chi connectivity index (χ0v) is 12.5. The molecule has 1 atom stereocenters. The van der Waals surface area contributed by atoms with Gasteiger partial charge in [-0.25, -0.2) is 0 Å². The van der Waals surface area contributed by atoms with E-state index in [2.05, 4.69) is 15.9 Å². The van der Waals surface area contributed by atoms with Crippen LogP contribution in [-0.4, -0.2) is 41.2 Å². The Labute approximate surface area is 121 Å². The van der Waals surface area contributed by atoms with Gasteiger partial charge in [0, 0.05) is 30.4 Å². The van der Waals surface area contributed by atoms with Crippen molar-refractivity contribution in [3.05, 3.63) is 28.7 Å². The van der Waals surface area contributed by atoms with Crippen LogP contribution in [0.5, 0.6) is 5.75 Å². The molecule has 5 heteroatoms. The van der Waals surface area contributed by atoms with Crippen molar-refractivity contribution >= 4 is 21.8 Å². The molecule has 0 saturated carbocycles. The average molecular weight is 328 g/mol. The summed E-state index contributed by atoms with van der Waals surface area (Å²) in [6, 6.07) is 7.76.